The van der Waals surface area contributed by atoms with Gasteiger partial charge in [0.05, 0.1) is 30.6 Å². The molecule has 0 N–H and O–H groups in total. The maximum Gasteiger partial charge on any atom is 0.306 e. The van der Waals surface area contributed by atoms with Crippen molar-refractivity contribution in [3.8, 4) is 0 Å². The first-order chi connectivity index (χ1) is 17.0. The van der Waals surface area contributed by atoms with Crippen LogP contribution < -0.4 is 4.90 Å². The molecule has 0 spiro atoms. The third-order valence-electron chi connectivity index (χ3n) is 7.85. The number of unbranched alkanes of at least 4 members (excludes halogenated alkanes) is 2. The van der Waals surface area contributed by atoms with Crippen LogP contribution in [0.5, 0.6) is 0 Å². The molecule has 35 heavy (non-hydrogen) atoms. The summed E-state index contributed by atoms with van der Waals surface area (Å²) in [5, 5.41) is 0. The molecule has 4 aliphatic rings. The van der Waals surface area contributed by atoms with Gasteiger partial charge in [-0.15, -0.1) is 0 Å². The van der Waals surface area contributed by atoms with Gasteiger partial charge in [0.25, 0.3) is 0 Å². The Hall–Kier alpha value is -2.52. The average Bonchev–Trinajstić information content (AvgIpc) is 3.55. The highest BCUT2D eigenvalue weighted by Crippen LogP contribution is 2.48. The molecular formula is C26H36N4O5. The van der Waals surface area contributed by atoms with E-state index in [1.165, 1.54) is 4.90 Å². The monoisotopic (exact) mass is 484 g/mol. The zero-order valence-electron chi connectivity index (χ0n) is 20.5. The predicted molar refractivity (Wildman–Crippen MR) is 129 cm³/mol. The molecule has 0 saturated carbocycles. The number of imide groups is 1. The van der Waals surface area contributed by atoms with Gasteiger partial charge < -0.3 is 14.4 Å². The molecule has 5 heterocycles. The van der Waals surface area contributed by atoms with Gasteiger partial charge in [-0.1, -0.05) is 25.8 Å². The zero-order valence-corrected chi connectivity index (χ0v) is 20.5. The lowest BCUT2D eigenvalue weighted by atomic mass is 9.81. The summed E-state index contributed by atoms with van der Waals surface area (Å²) < 4.78 is 11.7. The van der Waals surface area contributed by atoms with Crippen LogP contribution in [0.4, 0.5) is 5.82 Å². The number of rotatable bonds is 10. The van der Waals surface area contributed by atoms with E-state index in [0.717, 1.165) is 64.1 Å². The number of amides is 2. The SMILES string of the molecule is CCCCCC(=O)OC(CN1CCN(c2ccccn2)CC1)CN1C(=O)C2C3CC[C@@H](O3)[C@@H]2C1=O. The van der Waals surface area contributed by atoms with E-state index in [0.29, 0.717) is 13.0 Å². The minimum absolute atomic E-state index is 0.129. The van der Waals surface area contributed by atoms with Crippen LogP contribution >= 0.6 is 0 Å². The minimum atomic E-state index is -0.532. The maximum atomic E-state index is 13.2. The number of hydrogen-bond acceptors (Lipinski definition) is 8. The van der Waals surface area contributed by atoms with E-state index in [9.17, 15) is 14.4 Å². The van der Waals surface area contributed by atoms with Gasteiger partial charge in [-0.2, -0.15) is 0 Å². The Morgan fingerprint density at radius 3 is 2.40 bits per heavy atom. The Balaban J connectivity index is 1.22. The van der Waals surface area contributed by atoms with E-state index in [1.807, 2.05) is 18.2 Å². The molecule has 4 saturated heterocycles. The standard InChI is InChI=1S/C26H36N4O5/c1-2-3-4-8-22(31)34-18(16-28-12-14-29(15-13-28)21-7-5-6-11-27-21)17-30-25(32)23-19-9-10-20(35-19)24(23)26(30)33/h5-7,11,18-20,23-24H,2-4,8-10,12-17H2,1H3/t18?,19-,20?,23+,24?/m1/s1. The third kappa shape index (κ3) is 5.07. The van der Waals surface area contributed by atoms with E-state index in [1.54, 1.807) is 6.20 Å². The number of hydrogen-bond donors (Lipinski definition) is 0. The van der Waals surface area contributed by atoms with Crippen LogP contribution in [0.2, 0.25) is 0 Å². The minimum Gasteiger partial charge on any atom is -0.459 e. The molecule has 9 nitrogen and oxygen atoms in total. The molecule has 0 aliphatic carbocycles. The Bertz CT molecular complexity index is 892. The van der Waals surface area contributed by atoms with Crippen molar-refractivity contribution >= 4 is 23.6 Å². The molecule has 5 atom stereocenters. The van der Waals surface area contributed by atoms with Crippen molar-refractivity contribution in [2.45, 2.75) is 63.8 Å². The molecule has 190 valence electrons. The molecule has 1 aromatic rings. The summed E-state index contributed by atoms with van der Waals surface area (Å²) in [7, 11) is 0. The summed E-state index contributed by atoms with van der Waals surface area (Å²) in [5.74, 6) is -0.312. The Morgan fingerprint density at radius 2 is 1.77 bits per heavy atom. The number of pyridine rings is 1. The maximum absolute atomic E-state index is 13.2. The summed E-state index contributed by atoms with van der Waals surface area (Å²) in [6.45, 7) is 5.96. The normalized spacial score (nSPS) is 29.1. The van der Waals surface area contributed by atoms with Crippen LogP contribution in [0.25, 0.3) is 0 Å². The van der Waals surface area contributed by atoms with E-state index >= 15 is 0 Å². The van der Waals surface area contributed by atoms with E-state index < -0.39 is 6.10 Å². The topological polar surface area (TPSA) is 92.3 Å². The summed E-state index contributed by atoms with van der Waals surface area (Å²) in [5.41, 5.74) is 0. The molecule has 9 heteroatoms. The fraction of sp³-hybridized carbons (Fsp3) is 0.692. The van der Waals surface area contributed by atoms with Gasteiger partial charge in [0.2, 0.25) is 11.8 Å². The second kappa shape index (κ2) is 10.6. The van der Waals surface area contributed by atoms with Gasteiger partial charge in [0.15, 0.2) is 0 Å². The lowest BCUT2D eigenvalue weighted by Gasteiger charge is -2.37. The van der Waals surface area contributed by atoms with Crippen molar-refractivity contribution in [3.63, 3.8) is 0 Å². The predicted octanol–water partition coefficient (Wildman–Crippen LogP) is 1.86. The Kier molecular flexibility index (Phi) is 7.34. The highest BCUT2D eigenvalue weighted by atomic mass is 16.5. The zero-order chi connectivity index (χ0) is 24.4. The van der Waals surface area contributed by atoms with Crippen molar-refractivity contribution < 1.29 is 23.9 Å². The smallest absolute Gasteiger partial charge is 0.306 e. The van der Waals surface area contributed by atoms with Gasteiger partial charge in [-0.3, -0.25) is 24.2 Å². The molecule has 2 bridgehead atoms. The summed E-state index contributed by atoms with van der Waals surface area (Å²) >= 11 is 0. The third-order valence-corrected chi connectivity index (χ3v) is 7.85. The molecule has 0 radical (unpaired) electrons. The van der Waals surface area contributed by atoms with Gasteiger partial charge in [0.1, 0.15) is 11.9 Å². The number of nitrogens with zero attached hydrogens (tertiary/aromatic N) is 4. The number of anilines is 1. The van der Waals surface area contributed by atoms with E-state index in [2.05, 4.69) is 21.7 Å². The second-order valence-electron chi connectivity index (χ2n) is 10.2. The molecule has 3 unspecified atom stereocenters. The lowest BCUT2D eigenvalue weighted by molar-refractivity contribution is -0.156. The number of piperazine rings is 1. The molecule has 5 rings (SSSR count). The first kappa shape index (κ1) is 24.2. The van der Waals surface area contributed by atoms with Crippen molar-refractivity contribution in [1.82, 2.24) is 14.8 Å². The molecule has 4 fully saturated rings. The molecule has 0 aromatic carbocycles. The second-order valence-corrected chi connectivity index (χ2v) is 10.2. The number of likely N-dealkylation sites (tertiary alicyclic amines) is 1. The van der Waals surface area contributed by atoms with E-state index in [-0.39, 0.29) is 48.4 Å². The highest BCUT2D eigenvalue weighted by Gasteiger charge is 2.62. The van der Waals surface area contributed by atoms with Crippen LogP contribution in [0.1, 0.15) is 45.4 Å². The highest BCUT2D eigenvalue weighted by molar-refractivity contribution is 6.06. The summed E-state index contributed by atoms with van der Waals surface area (Å²) in [4.78, 5) is 49.2. The van der Waals surface area contributed by atoms with Gasteiger partial charge in [-0.05, 0) is 31.4 Å². The van der Waals surface area contributed by atoms with Crippen molar-refractivity contribution in [2.75, 3.05) is 44.2 Å². The largest absolute Gasteiger partial charge is 0.459 e. The number of carbonyl (C=O) groups is 3. The van der Waals surface area contributed by atoms with Gasteiger partial charge >= 0.3 is 5.97 Å². The summed E-state index contributed by atoms with van der Waals surface area (Å²) in [6.07, 6.45) is 5.83. The van der Waals surface area contributed by atoms with Crippen molar-refractivity contribution in [3.05, 3.63) is 24.4 Å². The van der Waals surface area contributed by atoms with Crippen LogP contribution in [-0.2, 0) is 23.9 Å². The number of carbonyl (C=O) groups excluding carboxylic acids is 3. The quantitative estimate of drug-likeness (QED) is 0.282. The van der Waals surface area contributed by atoms with Crippen molar-refractivity contribution in [2.24, 2.45) is 11.8 Å². The van der Waals surface area contributed by atoms with Gasteiger partial charge in [-0.25, -0.2) is 4.98 Å². The number of ether oxygens (including phenoxy) is 2. The Morgan fingerprint density at radius 1 is 1.06 bits per heavy atom. The Labute approximate surface area is 206 Å². The van der Waals surface area contributed by atoms with Crippen LogP contribution in [0, 0.1) is 11.8 Å². The fourth-order valence-corrected chi connectivity index (χ4v) is 6.04. The van der Waals surface area contributed by atoms with E-state index in [4.69, 9.17) is 9.47 Å². The van der Waals surface area contributed by atoms with Gasteiger partial charge in [0, 0.05) is 45.3 Å². The van der Waals surface area contributed by atoms with Crippen LogP contribution in [-0.4, -0.2) is 90.1 Å². The first-order valence-corrected chi connectivity index (χ1v) is 13.1. The molecule has 4 aliphatic heterocycles. The lowest BCUT2D eigenvalue weighted by Crippen LogP contribution is -2.51. The number of aromatic nitrogens is 1. The molecular weight excluding hydrogens is 448 g/mol. The average molecular weight is 485 g/mol. The first-order valence-electron chi connectivity index (χ1n) is 13.1. The molecule has 1 aromatic heterocycles. The van der Waals surface area contributed by atoms with Crippen LogP contribution in [0.3, 0.4) is 0 Å². The van der Waals surface area contributed by atoms with Crippen molar-refractivity contribution in [1.29, 1.82) is 0 Å². The van der Waals surface area contributed by atoms with Crippen LogP contribution in [0.15, 0.2) is 24.4 Å². The fourth-order valence-electron chi connectivity index (χ4n) is 6.04. The summed E-state index contributed by atoms with van der Waals surface area (Å²) in [6, 6.07) is 5.90. The number of esters is 1. The molecule has 2 amide bonds. The number of fused-ring (bicyclic) bond motifs is 5.